The van der Waals surface area contributed by atoms with Crippen LogP contribution in [0.2, 0.25) is 0 Å². The SMILES string of the molecule is CCCc1c(-c2ccc(OC)cc2)c(C(N)=O)c(C)n1CCC(C)C. The number of methoxy groups -OCH3 is 1. The number of hydrogen-bond acceptors (Lipinski definition) is 2. The zero-order chi connectivity index (χ0) is 18.6. The number of nitrogens with two attached hydrogens (primary N) is 1. The second-order valence-electron chi connectivity index (χ2n) is 6.96. The largest absolute Gasteiger partial charge is 0.497 e. The Labute approximate surface area is 151 Å². The number of carbonyl (C=O) groups is 1. The van der Waals surface area contributed by atoms with Crippen molar-refractivity contribution in [2.75, 3.05) is 7.11 Å². The van der Waals surface area contributed by atoms with E-state index >= 15 is 0 Å². The maximum atomic E-state index is 12.2. The maximum absolute atomic E-state index is 12.2. The van der Waals surface area contributed by atoms with Crippen LogP contribution >= 0.6 is 0 Å². The fraction of sp³-hybridized carbons (Fsp3) is 0.476. The Morgan fingerprint density at radius 1 is 1.24 bits per heavy atom. The molecule has 1 aromatic heterocycles. The zero-order valence-electron chi connectivity index (χ0n) is 16.1. The number of ether oxygens (including phenoxy) is 1. The molecule has 0 saturated heterocycles. The van der Waals surface area contributed by atoms with Gasteiger partial charge in [-0.3, -0.25) is 4.79 Å². The summed E-state index contributed by atoms with van der Waals surface area (Å²) >= 11 is 0. The number of aromatic nitrogens is 1. The molecule has 0 radical (unpaired) electrons. The van der Waals surface area contributed by atoms with E-state index < -0.39 is 0 Å². The number of carbonyl (C=O) groups excluding carboxylic acids is 1. The quantitative estimate of drug-likeness (QED) is 0.764. The first-order valence-electron chi connectivity index (χ1n) is 9.06. The minimum Gasteiger partial charge on any atom is -0.497 e. The Morgan fingerprint density at radius 3 is 2.36 bits per heavy atom. The summed E-state index contributed by atoms with van der Waals surface area (Å²) in [6, 6.07) is 7.87. The third kappa shape index (κ3) is 4.06. The summed E-state index contributed by atoms with van der Waals surface area (Å²) < 4.78 is 7.55. The smallest absolute Gasteiger partial charge is 0.251 e. The molecule has 0 saturated carbocycles. The van der Waals surface area contributed by atoms with Gasteiger partial charge in [0.2, 0.25) is 0 Å². The molecule has 0 aliphatic carbocycles. The molecule has 1 aromatic carbocycles. The molecule has 0 bridgehead atoms. The van der Waals surface area contributed by atoms with Gasteiger partial charge in [-0.05, 0) is 43.4 Å². The minimum atomic E-state index is -0.357. The Balaban J connectivity index is 2.65. The molecule has 25 heavy (non-hydrogen) atoms. The van der Waals surface area contributed by atoms with Crippen molar-refractivity contribution in [1.29, 1.82) is 0 Å². The van der Waals surface area contributed by atoms with E-state index in [0.29, 0.717) is 11.5 Å². The van der Waals surface area contributed by atoms with Gasteiger partial charge in [0.1, 0.15) is 5.75 Å². The molecule has 2 aromatic rings. The highest BCUT2D eigenvalue weighted by Gasteiger charge is 2.24. The lowest BCUT2D eigenvalue weighted by Crippen LogP contribution is -2.13. The molecule has 2 N–H and O–H groups in total. The van der Waals surface area contributed by atoms with E-state index in [4.69, 9.17) is 10.5 Å². The lowest BCUT2D eigenvalue weighted by atomic mass is 9.98. The highest BCUT2D eigenvalue weighted by molar-refractivity contribution is 6.02. The molecule has 0 atom stereocenters. The fourth-order valence-corrected chi connectivity index (χ4v) is 3.35. The Kier molecular flexibility index (Phi) is 6.29. The summed E-state index contributed by atoms with van der Waals surface area (Å²) in [5.41, 5.74) is 10.6. The molecule has 1 amide bonds. The van der Waals surface area contributed by atoms with E-state index in [-0.39, 0.29) is 5.91 Å². The van der Waals surface area contributed by atoms with Gasteiger partial charge in [-0.1, -0.05) is 39.3 Å². The van der Waals surface area contributed by atoms with Gasteiger partial charge in [0.05, 0.1) is 12.7 Å². The summed E-state index contributed by atoms with van der Waals surface area (Å²) in [4.78, 5) is 12.2. The highest BCUT2D eigenvalue weighted by Crippen LogP contribution is 2.35. The van der Waals surface area contributed by atoms with Crippen molar-refractivity contribution in [2.45, 2.75) is 53.5 Å². The van der Waals surface area contributed by atoms with Crippen LogP contribution in [0.25, 0.3) is 11.1 Å². The topological polar surface area (TPSA) is 57.2 Å². The Hall–Kier alpha value is -2.23. The number of primary amides is 1. The zero-order valence-corrected chi connectivity index (χ0v) is 16.1. The van der Waals surface area contributed by atoms with Crippen LogP contribution in [0.5, 0.6) is 5.75 Å². The van der Waals surface area contributed by atoms with E-state index in [2.05, 4.69) is 25.3 Å². The molecular formula is C21H30N2O2. The van der Waals surface area contributed by atoms with Crippen LogP contribution in [0.4, 0.5) is 0 Å². The van der Waals surface area contributed by atoms with E-state index in [9.17, 15) is 4.79 Å². The average molecular weight is 342 g/mol. The van der Waals surface area contributed by atoms with Gasteiger partial charge in [0, 0.05) is 23.5 Å². The molecule has 0 aliphatic rings. The van der Waals surface area contributed by atoms with Crippen molar-refractivity contribution >= 4 is 5.91 Å². The molecule has 0 fully saturated rings. The first-order valence-corrected chi connectivity index (χ1v) is 9.06. The summed E-state index contributed by atoms with van der Waals surface area (Å²) in [5, 5.41) is 0. The summed E-state index contributed by atoms with van der Waals surface area (Å²) in [6.45, 7) is 9.52. The number of nitrogens with zero attached hydrogens (tertiary/aromatic N) is 1. The van der Waals surface area contributed by atoms with E-state index in [1.54, 1.807) is 7.11 Å². The lowest BCUT2D eigenvalue weighted by Gasteiger charge is -2.14. The standard InChI is InChI=1S/C21H30N2O2/c1-6-7-18-20(16-8-10-17(25-5)11-9-16)19(21(22)24)15(4)23(18)13-12-14(2)3/h8-11,14H,6-7,12-13H2,1-5H3,(H2,22,24). The van der Waals surface area contributed by atoms with Crippen LogP contribution in [-0.2, 0) is 13.0 Å². The first kappa shape index (κ1) is 19.1. The third-order valence-electron chi connectivity index (χ3n) is 4.67. The minimum absolute atomic E-state index is 0.357. The normalized spacial score (nSPS) is 11.1. The summed E-state index contributed by atoms with van der Waals surface area (Å²) in [6.07, 6.45) is 3.02. The van der Waals surface area contributed by atoms with Gasteiger partial charge in [-0.25, -0.2) is 0 Å². The van der Waals surface area contributed by atoms with Crippen LogP contribution < -0.4 is 10.5 Å². The number of benzene rings is 1. The average Bonchev–Trinajstić information content (AvgIpc) is 2.85. The van der Waals surface area contributed by atoms with E-state index in [1.165, 1.54) is 5.69 Å². The van der Waals surface area contributed by atoms with E-state index in [0.717, 1.165) is 48.4 Å². The third-order valence-corrected chi connectivity index (χ3v) is 4.67. The van der Waals surface area contributed by atoms with Crippen LogP contribution in [0, 0.1) is 12.8 Å². The van der Waals surface area contributed by atoms with Gasteiger partial charge in [0.15, 0.2) is 0 Å². The Bertz CT molecular complexity index is 727. The van der Waals surface area contributed by atoms with Crippen molar-refractivity contribution in [3.05, 3.63) is 41.2 Å². The van der Waals surface area contributed by atoms with Crippen molar-refractivity contribution in [3.63, 3.8) is 0 Å². The van der Waals surface area contributed by atoms with Crippen molar-refractivity contribution in [2.24, 2.45) is 11.7 Å². The van der Waals surface area contributed by atoms with Gasteiger partial charge in [0.25, 0.3) is 5.91 Å². The lowest BCUT2D eigenvalue weighted by molar-refractivity contribution is 0.1000. The Morgan fingerprint density at radius 2 is 1.88 bits per heavy atom. The van der Waals surface area contributed by atoms with Gasteiger partial charge in [-0.2, -0.15) is 0 Å². The van der Waals surface area contributed by atoms with Gasteiger partial charge in [-0.15, -0.1) is 0 Å². The molecule has 136 valence electrons. The predicted molar refractivity (Wildman–Crippen MR) is 103 cm³/mol. The monoisotopic (exact) mass is 342 g/mol. The molecule has 0 aliphatic heterocycles. The second kappa shape index (κ2) is 8.24. The molecule has 0 spiro atoms. The fourth-order valence-electron chi connectivity index (χ4n) is 3.35. The van der Waals surface area contributed by atoms with Crippen LogP contribution in [0.3, 0.4) is 0 Å². The van der Waals surface area contributed by atoms with Crippen molar-refractivity contribution in [3.8, 4) is 16.9 Å². The van der Waals surface area contributed by atoms with Crippen molar-refractivity contribution < 1.29 is 9.53 Å². The predicted octanol–water partition coefficient (Wildman–Crippen LogP) is 4.57. The van der Waals surface area contributed by atoms with Gasteiger partial charge < -0.3 is 15.0 Å². The maximum Gasteiger partial charge on any atom is 0.251 e. The summed E-state index contributed by atoms with van der Waals surface area (Å²) in [5.74, 6) is 1.05. The molecule has 2 rings (SSSR count). The van der Waals surface area contributed by atoms with Gasteiger partial charge >= 0.3 is 0 Å². The molecule has 0 unspecified atom stereocenters. The number of amides is 1. The van der Waals surface area contributed by atoms with Crippen LogP contribution in [0.15, 0.2) is 24.3 Å². The van der Waals surface area contributed by atoms with Crippen LogP contribution in [0.1, 0.15) is 55.4 Å². The molecular weight excluding hydrogens is 312 g/mol. The molecule has 4 nitrogen and oxygen atoms in total. The van der Waals surface area contributed by atoms with Crippen molar-refractivity contribution in [1.82, 2.24) is 4.57 Å². The first-order chi connectivity index (χ1) is 11.9. The molecule has 1 heterocycles. The van der Waals surface area contributed by atoms with Crippen LogP contribution in [-0.4, -0.2) is 17.6 Å². The molecule has 4 heteroatoms. The van der Waals surface area contributed by atoms with E-state index in [1.807, 2.05) is 31.2 Å². The highest BCUT2D eigenvalue weighted by atomic mass is 16.5. The number of hydrogen-bond donors (Lipinski definition) is 1. The summed E-state index contributed by atoms with van der Waals surface area (Å²) in [7, 11) is 1.65. The second-order valence-corrected chi connectivity index (χ2v) is 6.96. The number of rotatable bonds is 8.